The Morgan fingerprint density at radius 2 is 1.47 bits per heavy atom. The van der Waals surface area contributed by atoms with Crippen LogP contribution in [0, 0.1) is 16.7 Å². The van der Waals surface area contributed by atoms with E-state index in [9.17, 15) is 14.9 Å². The number of hydrogen-bond donors (Lipinski definition) is 0. The van der Waals surface area contributed by atoms with Gasteiger partial charge in [-0.3, -0.25) is 9.59 Å². The molecule has 0 saturated carbocycles. The Kier molecular flexibility index (Phi) is 8.19. The number of hydrogen-bond acceptors (Lipinski definition) is 11. The van der Waals surface area contributed by atoms with Gasteiger partial charge in [0.25, 0.3) is 11.8 Å². The van der Waals surface area contributed by atoms with Crippen molar-refractivity contribution in [1.29, 1.82) is 5.26 Å². The summed E-state index contributed by atoms with van der Waals surface area (Å²) < 4.78 is 23.0. The fraction of sp³-hybridized carbons (Fsp3) is 0.281. The van der Waals surface area contributed by atoms with Crippen LogP contribution in [-0.2, 0) is 9.59 Å². The lowest BCUT2D eigenvalue weighted by molar-refractivity contribution is -0.163. The number of carbonyl (C=O) groups excluding carboxylic acids is 2. The third-order valence-electron chi connectivity index (χ3n) is 8.14. The van der Waals surface area contributed by atoms with E-state index >= 15 is 0 Å². The van der Waals surface area contributed by atoms with Crippen LogP contribution >= 0.6 is 48.0 Å². The number of amides is 2. The minimum absolute atomic E-state index is 0.0147. The van der Waals surface area contributed by atoms with Crippen molar-refractivity contribution in [3.05, 3.63) is 84.4 Å². The normalized spacial score (nSPS) is 26.7. The summed E-state index contributed by atoms with van der Waals surface area (Å²) >= 11 is 13.1. The smallest absolute Gasteiger partial charge is 0.261 e. The van der Waals surface area contributed by atoms with E-state index in [0.29, 0.717) is 28.6 Å². The molecule has 0 bridgehead atoms. The van der Waals surface area contributed by atoms with Gasteiger partial charge in [-0.1, -0.05) is 42.5 Å². The number of rotatable bonds is 5. The second kappa shape index (κ2) is 11.8. The van der Waals surface area contributed by atoms with E-state index in [1.807, 2.05) is 12.1 Å². The average molecular weight is 678 g/mol. The van der Waals surface area contributed by atoms with Crippen molar-refractivity contribution < 1.29 is 28.5 Å². The Bertz CT molecular complexity index is 1740. The van der Waals surface area contributed by atoms with E-state index in [1.165, 1.54) is 9.80 Å². The summed E-state index contributed by atoms with van der Waals surface area (Å²) in [6, 6.07) is 24.7. The number of nitrogens with zero attached hydrogens (tertiary/aromatic N) is 3. The van der Waals surface area contributed by atoms with Gasteiger partial charge in [0.15, 0.2) is 21.2 Å². The highest BCUT2D eigenvalue weighted by atomic mass is 32.2. The standard InChI is InChI=1S/C32H27N3O6S4/c1-30(18-33)17-32(45-29(43)41-22-12-8-5-9-13-22)27(37)34(3)31(2,44-28(42)40-21-10-6-4-7-11-21)26(36)35(32)25(30)20-14-15-23-24(16-20)39-19-38-23/h4-16,25H,17,19H2,1-3H3/t25?,30-,31+,32?/m1/s1. The zero-order chi connectivity index (χ0) is 32.0. The van der Waals surface area contributed by atoms with Crippen LogP contribution in [-0.4, -0.2) is 54.0 Å². The number of ether oxygens (including phenoxy) is 4. The zero-order valence-corrected chi connectivity index (χ0v) is 27.7. The van der Waals surface area contributed by atoms with Gasteiger partial charge in [0.2, 0.25) is 15.6 Å². The van der Waals surface area contributed by atoms with Crippen molar-refractivity contribution in [2.45, 2.75) is 36.1 Å². The zero-order valence-electron chi connectivity index (χ0n) is 24.4. The van der Waals surface area contributed by atoms with Gasteiger partial charge in [-0.15, -0.1) is 0 Å². The molecule has 45 heavy (non-hydrogen) atoms. The molecule has 6 rings (SSSR count). The fourth-order valence-corrected chi connectivity index (χ4v) is 9.17. The van der Waals surface area contributed by atoms with Gasteiger partial charge >= 0.3 is 0 Å². The first-order chi connectivity index (χ1) is 21.5. The maximum absolute atomic E-state index is 15.0. The van der Waals surface area contributed by atoms with Crippen LogP contribution in [0.5, 0.6) is 23.0 Å². The summed E-state index contributed by atoms with van der Waals surface area (Å²) in [5.74, 6) is 1.17. The topological polar surface area (TPSA) is 101 Å². The first kappa shape index (κ1) is 31.2. The molecular formula is C32H27N3O6S4. The van der Waals surface area contributed by atoms with Crippen molar-refractivity contribution in [2.75, 3.05) is 13.8 Å². The minimum Gasteiger partial charge on any atom is -0.454 e. The van der Waals surface area contributed by atoms with Crippen LogP contribution in [0.15, 0.2) is 78.9 Å². The molecule has 3 aromatic rings. The molecule has 2 amide bonds. The van der Waals surface area contributed by atoms with Gasteiger partial charge in [-0.2, -0.15) is 5.26 Å². The lowest BCUT2D eigenvalue weighted by Crippen LogP contribution is -2.71. The molecule has 9 nitrogen and oxygen atoms in total. The number of fused-ring (bicyclic) bond motifs is 2. The summed E-state index contributed by atoms with van der Waals surface area (Å²) in [5, 5.41) is 10.7. The molecule has 0 N–H and O–H groups in total. The molecule has 13 heteroatoms. The monoisotopic (exact) mass is 677 g/mol. The highest BCUT2D eigenvalue weighted by Gasteiger charge is 2.72. The van der Waals surface area contributed by atoms with Crippen LogP contribution in [0.4, 0.5) is 0 Å². The average Bonchev–Trinajstić information content (AvgIpc) is 3.60. The molecule has 0 aliphatic carbocycles. The molecule has 2 saturated heterocycles. The fourth-order valence-electron chi connectivity index (χ4n) is 5.91. The summed E-state index contributed by atoms with van der Waals surface area (Å²) in [4.78, 5) is 29.4. The van der Waals surface area contributed by atoms with E-state index in [4.69, 9.17) is 43.4 Å². The van der Waals surface area contributed by atoms with E-state index in [-0.39, 0.29) is 22.0 Å². The molecule has 3 aliphatic heterocycles. The van der Waals surface area contributed by atoms with Gasteiger partial charge in [-0.25, -0.2) is 0 Å². The van der Waals surface area contributed by atoms with E-state index in [2.05, 4.69) is 6.07 Å². The Balaban J connectivity index is 1.44. The summed E-state index contributed by atoms with van der Waals surface area (Å²) in [6.45, 7) is 3.44. The molecular weight excluding hydrogens is 651 g/mol. The Morgan fingerprint density at radius 3 is 2.07 bits per heavy atom. The highest BCUT2D eigenvalue weighted by molar-refractivity contribution is 8.24. The van der Waals surface area contributed by atoms with Crippen LogP contribution in [0.3, 0.4) is 0 Å². The summed E-state index contributed by atoms with van der Waals surface area (Å²) in [5.41, 5.74) is -0.603. The molecule has 3 aromatic carbocycles. The predicted molar refractivity (Wildman–Crippen MR) is 179 cm³/mol. The van der Waals surface area contributed by atoms with Crippen molar-refractivity contribution in [3.63, 3.8) is 0 Å². The molecule has 0 radical (unpaired) electrons. The van der Waals surface area contributed by atoms with Crippen LogP contribution in [0.1, 0.15) is 31.9 Å². The SMILES string of the molecule is CN1C(=O)C2(SC(=S)Oc3ccccc3)C[C@](C)(C#N)C(c3ccc4c(c3)OCO4)N2C(=O)[C@]1(C)SC(=S)Oc1ccccc1. The van der Waals surface area contributed by atoms with Crippen LogP contribution < -0.4 is 18.9 Å². The van der Waals surface area contributed by atoms with Gasteiger partial charge in [0.1, 0.15) is 11.5 Å². The Hall–Kier alpha value is -3.83. The van der Waals surface area contributed by atoms with Gasteiger partial charge in [-0.05, 0) is 104 Å². The lowest BCUT2D eigenvalue weighted by Gasteiger charge is -2.52. The van der Waals surface area contributed by atoms with Crippen molar-refractivity contribution in [3.8, 4) is 29.1 Å². The van der Waals surface area contributed by atoms with E-state index < -0.39 is 33.0 Å². The van der Waals surface area contributed by atoms with Crippen molar-refractivity contribution in [1.82, 2.24) is 9.80 Å². The largest absolute Gasteiger partial charge is 0.454 e. The first-order valence-corrected chi connectivity index (χ1v) is 16.3. The number of piperazine rings is 1. The maximum atomic E-state index is 15.0. The lowest BCUT2D eigenvalue weighted by atomic mass is 9.79. The van der Waals surface area contributed by atoms with Gasteiger partial charge < -0.3 is 28.7 Å². The number of thioether (sulfide) groups is 2. The number of carbonyl (C=O) groups is 2. The van der Waals surface area contributed by atoms with E-state index in [1.54, 1.807) is 87.6 Å². The number of para-hydroxylation sites is 2. The molecule has 3 aliphatic rings. The molecule has 2 unspecified atom stereocenters. The van der Waals surface area contributed by atoms with Gasteiger partial charge in [0, 0.05) is 13.5 Å². The summed E-state index contributed by atoms with van der Waals surface area (Å²) in [7, 11) is 1.55. The molecule has 0 aromatic heterocycles. The van der Waals surface area contributed by atoms with Crippen LogP contribution in [0.25, 0.3) is 0 Å². The quantitative estimate of drug-likeness (QED) is 0.285. The third kappa shape index (κ3) is 5.39. The van der Waals surface area contributed by atoms with Crippen molar-refractivity contribution in [2.24, 2.45) is 5.41 Å². The number of benzene rings is 3. The molecule has 4 atom stereocenters. The molecule has 3 heterocycles. The second-order valence-electron chi connectivity index (χ2n) is 11.1. The number of nitriles is 1. The Labute approximate surface area is 279 Å². The molecule has 0 spiro atoms. The molecule has 230 valence electrons. The second-order valence-corrected chi connectivity index (χ2v) is 14.9. The molecule has 2 fully saturated rings. The summed E-state index contributed by atoms with van der Waals surface area (Å²) in [6.07, 6.45) is -0.0147. The first-order valence-electron chi connectivity index (χ1n) is 13.9. The third-order valence-corrected chi connectivity index (χ3v) is 11.0. The van der Waals surface area contributed by atoms with Gasteiger partial charge in [0.05, 0.1) is 17.5 Å². The predicted octanol–water partition coefficient (Wildman–Crippen LogP) is 6.30. The van der Waals surface area contributed by atoms with Crippen LogP contribution in [0.2, 0.25) is 0 Å². The van der Waals surface area contributed by atoms with Crippen molar-refractivity contribution >= 4 is 68.5 Å². The highest BCUT2D eigenvalue weighted by Crippen LogP contribution is 2.63. The maximum Gasteiger partial charge on any atom is 0.261 e. The number of likely N-dealkylation sites (N-methyl/N-ethyl adjacent to an activating group) is 1. The minimum atomic E-state index is -1.61. The number of thiocarbonyl (C=S) groups is 2. The Morgan fingerprint density at radius 1 is 0.889 bits per heavy atom. The van der Waals surface area contributed by atoms with E-state index in [0.717, 1.165) is 23.5 Å².